The molecule has 2 heteroatoms. The topological polar surface area (TPSA) is 38.0 Å². The molecule has 2 nitrogen and oxygen atoms in total. The van der Waals surface area contributed by atoms with Crippen LogP contribution in [0.4, 0.5) is 0 Å². The summed E-state index contributed by atoms with van der Waals surface area (Å²) in [6, 6.07) is 0. The molecule has 2 rings (SSSR count). The van der Waals surface area contributed by atoms with Crippen LogP contribution in [0, 0.1) is 5.92 Å². The quantitative estimate of drug-likeness (QED) is 0.633. The monoisotopic (exact) mass is 210 g/mol. The largest absolute Gasteiger partial charge is 0.325 e. The Balaban J connectivity index is 1.43. The van der Waals surface area contributed by atoms with Gasteiger partial charge in [-0.05, 0) is 51.1 Å². The van der Waals surface area contributed by atoms with Crippen LogP contribution in [0.15, 0.2) is 0 Å². The van der Waals surface area contributed by atoms with E-state index < -0.39 is 0 Å². The molecule has 2 aliphatic carbocycles. The molecule has 0 bridgehead atoms. The molecular formula is C13H26N2. The summed E-state index contributed by atoms with van der Waals surface area (Å²) in [6.07, 6.45) is 12.2. The summed E-state index contributed by atoms with van der Waals surface area (Å²) < 4.78 is 0. The maximum absolute atomic E-state index is 6.29. The second-order valence-corrected chi connectivity index (χ2v) is 5.66. The molecule has 15 heavy (non-hydrogen) atoms. The fourth-order valence-electron chi connectivity index (χ4n) is 2.71. The minimum absolute atomic E-state index is 0.184. The summed E-state index contributed by atoms with van der Waals surface area (Å²) in [5.41, 5.74) is 6.48. The molecule has 0 aromatic carbocycles. The van der Waals surface area contributed by atoms with Crippen molar-refractivity contribution in [2.24, 2.45) is 11.7 Å². The molecule has 2 saturated carbocycles. The maximum Gasteiger partial charge on any atom is 0.0166 e. The van der Waals surface area contributed by atoms with Gasteiger partial charge in [-0.2, -0.15) is 0 Å². The van der Waals surface area contributed by atoms with Crippen molar-refractivity contribution in [1.82, 2.24) is 5.32 Å². The van der Waals surface area contributed by atoms with Crippen LogP contribution in [0.1, 0.15) is 57.8 Å². The SMILES string of the molecule is NC1(CCNCCCC2CC2)CCCC1. The van der Waals surface area contributed by atoms with Gasteiger partial charge in [0.05, 0.1) is 0 Å². The van der Waals surface area contributed by atoms with Gasteiger partial charge in [0.25, 0.3) is 0 Å². The molecule has 3 N–H and O–H groups in total. The van der Waals surface area contributed by atoms with Gasteiger partial charge in [-0.25, -0.2) is 0 Å². The smallest absolute Gasteiger partial charge is 0.0166 e. The molecule has 0 aliphatic heterocycles. The summed E-state index contributed by atoms with van der Waals surface area (Å²) in [5, 5.41) is 3.54. The van der Waals surface area contributed by atoms with Gasteiger partial charge in [-0.3, -0.25) is 0 Å². The van der Waals surface area contributed by atoms with E-state index in [0.29, 0.717) is 0 Å². The molecule has 0 amide bonds. The van der Waals surface area contributed by atoms with E-state index in [0.717, 1.165) is 12.5 Å². The van der Waals surface area contributed by atoms with E-state index in [1.807, 2.05) is 0 Å². The Kier molecular flexibility index (Phi) is 4.04. The van der Waals surface area contributed by atoms with Crippen molar-refractivity contribution >= 4 is 0 Å². The van der Waals surface area contributed by atoms with Gasteiger partial charge in [0.15, 0.2) is 0 Å². The summed E-state index contributed by atoms with van der Waals surface area (Å²) in [6.45, 7) is 2.33. The lowest BCUT2D eigenvalue weighted by molar-refractivity contribution is 0.392. The summed E-state index contributed by atoms with van der Waals surface area (Å²) in [7, 11) is 0. The van der Waals surface area contributed by atoms with Crippen LogP contribution < -0.4 is 11.1 Å². The second-order valence-electron chi connectivity index (χ2n) is 5.66. The van der Waals surface area contributed by atoms with E-state index in [1.165, 1.54) is 64.3 Å². The molecule has 0 heterocycles. The van der Waals surface area contributed by atoms with Crippen molar-refractivity contribution < 1.29 is 0 Å². The molecule has 0 unspecified atom stereocenters. The van der Waals surface area contributed by atoms with Crippen LogP contribution in [-0.2, 0) is 0 Å². The lowest BCUT2D eigenvalue weighted by Crippen LogP contribution is -2.39. The van der Waals surface area contributed by atoms with Gasteiger partial charge >= 0.3 is 0 Å². The van der Waals surface area contributed by atoms with E-state index in [9.17, 15) is 0 Å². The van der Waals surface area contributed by atoms with Gasteiger partial charge in [0, 0.05) is 5.54 Å². The molecule has 0 spiro atoms. The molecular weight excluding hydrogens is 184 g/mol. The molecule has 2 fully saturated rings. The van der Waals surface area contributed by atoms with Crippen molar-refractivity contribution in [2.45, 2.75) is 63.3 Å². The van der Waals surface area contributed by atoms with Crippen LogP contribution >= 0.6 is 0 Å². The minimum atomic E-state index is 0.184. The lowest BCUT2D eigenvalue weighted by Gasteiger charge is -2.23. The standard InChI is InChI=1S/C13H26N2/c14-13(7-1-2-8-13)9-11-15-10-3-4-12-5-6-12/h12,15H,1-11,14H2. The van der Waals surface area contributed by atoms with Gasteiger partial charge < -0.3 is 11.1 Å². The number of hydrogen-bond donors (Lipinski definition) is 2. The molecule has 0 saturated heterocycles. The maximum atomic E-state index is 6.29. The Morgan fingerprint density at radius 1 is 1.13 bits per heavy atom. The zero-order valence-corrected chi connectivity index (χ0v) is 9.93. The fourth-order valence-corrected chi connectivity index (χ4v) is 2.71. The van der Waals surface area contributed by atoms with Crippen molar-refractivity contribution in [3.05, 3.63) is 0 Å². The third kappa shape index (κ3) is 4.12. The summed E-state index contributed by atoms with van der Waals surface area (Å²) >= 11 is 0. The van der Waals surface area contributed by atoms with Crippen molar-refractivity contribution in [1.29, 1.82) is 0 Å². The van der Waals surface area contributed by atoms with E-state index >= 15 is 0 Å². The van der Waals surface area contributed by atoms with E-state index in [4.69, 9.17) is 5.73 Å². The summed E-state index contributed by atoms with van der Waals surface area (Å²) in [4.78, 5) is 0. The molecule has 88 valence electrons. The number of hydrogen-bond acceptors (Lipinski definition) is 2. The number of nitrogens with one attached hydrogen (secondary N) is 1. The van der Waals surface area contributed by atoms with Crippen molar-refractivity contribution in [2.75, 3.05) is 13.1 Å². The van der Waals surface area contributed by atoms with E-state index in [2.05, 4.69) is 5.32 Å². The highest BCUT2D eigenvalue weighted by Crippen LogP contribution is 2.33. The molecule has 2 aliphatic rings. The van der Waals surface area contributed by atoms with Gasteiger partial charge in [0.2, 0.25) is 0 Å². The average molecular weight is 210 g/mol. The van der Waals surface area contributed by atoms with Crippen LogP contribution in [0.5, 0.6) is 0 Å². The number of rotatable bonds is 7. The Morgan fingerprint density at radius 3 is 2.53 bits per heavy atom. The number of nitrogens with two attached hydrogens (primary N) is 1. The Bertz CT molecular complexity index is 181. The lowest BCUT2D eigenvalue weighted by atomic mass is 9.95. The highest BCUT2D eigenvalue weighted by molar-refractivity contribution is 4.89. The van der Waals surface area contributed by atoms with Gasteiger partial charge in [-0.1, -0.05) is 25.7 Å². The van der Waals surface area contributed by atoms with E-state index in [1.54, 1.807) is 0 Å². The zero-order chi connectivity index (χ0) is 10.6. The highest BCUT2D eigenvalue weighted by Gasteiger charge is 2.28. The van der Waals surface area contributed by atoms with Crippen LogP contribution in [0.2, 0.25) is 0 Å². The highest BCUT2D eigenvalue weighted by atomic mass is 14.9. The van der Waals surface area contributed by atoms with Crippen LogP contribution in [0.3, 0.4) is 0 Å². The first kappa shape index (κ1) is 11.4. The van der Waals surface area contributed by atoms with Gasteiger partial charge in [0.1, 0.15) is 0 Å². The Labute approximate surface area is 94.0 Å². The van der Waals surface area contributed by atoms with Crippen molar-refractivity contribution in [3.8, 4) is 0 Å². The fraction of sp³-hybridized carbons (Fsp3) is 1.00. The van der Waals surface area contributed by atoms with Gasteiger partial charge in [-0.15, -0.1) is 0 Å². The molecule has 0 aromatic heterocycles. The summed E-state index contributed by atoms with van der Waals surface area (Å²) in [5.74, 6) is 1.09. The third-order valence-electron chi connectivity index (χ3n) is 4.06. The Morgan fingerprint density at radius 2 is 1.87 bits per heavy atom. The Hall–Kier alpha value is -0.0800. The first-order valence-electron chi connectivity index (χ1n) is 6.78. The first-order chi connectivity index (χ1) is 7.29. The predicted octanol–water partition coefficient (Wildman–Crippen LogP) is 2.43. The second kappa shape index (κ2) is 5.31. The van der Waals surface area contributed by atoms with E-state index in [-0.39, 0.29) is 5.54 Å². The van der Waals surface area contributed by atoms with Crippen LogP contribution in [0.25, 0.3) is 0 Å². The van der Waals surface area contributed by atoms with Crippen LogP contribution in [-0.4, -0.2) is 18.6 Å². The first-order valence-corrected chi connectivity index (χ1v) is 6.78. The predicted molar refractivity (Wildman–Crippen MR) is 64.8 cm³/mol. The molecule has 0 aromatic rings. The molecule has 0 atom stereocenters. The normalized spacial score (nSPS) is 24.6. The zero-order valence-electron chi connectivity index (χ0n) is 9.93. The third-order valence-corrected chi connectivity index (χ3v) is 4.06. The van der Waals surface area contributed by atoms with Crippen molar-refractivity contribution in [3.63, 3.8) is 0 Å². The minimum Gasteiger partial charge on any atom is -0.325 e. The average Bonchev–Trinajstić information content (AvgIpc) is 2.95. The molecule has 0 radical (unpaired) electrons.